The fourth-order valence-corrected chi connectivity index (χ4v) is 2.78. The molecule has 7 nitrogen and oxygen atoms in total. The Labute approximate surface area is 113 Å². The van der Waals surface area contributed by atoms with Crippen LogP contribution >= 0.6 is 0 Å². The number of carboxylic acid groups (broad SMARTS) is 1. The van der Waals surface area contributed by atoms with Gasteiger partial charge in [-0.3, -0.25) is 9.59 Å². The van der Waals surface area contributed by atoms with Gasteiger partial charge in [0.15, 0.2) is 0 Å². The minimum absolute atomic E-state index is 0.0908. The molecule has 0 rings (SSSR count). The fourth-order valence-electron chi connectivity index (χ4n) is 1.35. The van der Waals surface area contributed by atoms with E-state index in [4.69, 9.17) is 9.84 Å². The van der Waals surface area contributed by atoms with Gasteiger partial charge in [0, 0.05) is 6.42 Å². The molecular formula is C11H21NO6S. The molecular weight excluding hydrogens is 274 g/mol. The number of sulfonamides is 1. The molecule has 0 unspecified atom stereocenters. The summed E-state index contributed by atoms with van der Waals surface area (Å²) in [4.78, 5) is 22.1. The molecule has 0 aromatic rings. The summed E-state index contributed by atoms with van der Waals surface area (Å²) in [6.07, 6.45) is 0.753. The normalized spacial score (nSPS) is 12.9. The zero-order valence-corrected chi connectivity index (χ0v) is 12.0. The lowest BCUT2D eigenvalue weighted by Crippen LogP contribution is -2.43. The average molecular weight is 295 g/mol. The number of ether oxygens (including phenoxy) is 1. The number of hydrogen-bond donors (Lipinski definition) is 2. The monoisotopic (exact) mass is 295 g/mol. The van der Waals surface area contributed by atoms with Crippen LogP contribution < -0.4 is 4.72 Å². The van der Waals surface area contributed by atoms with Crippen molar-refractivity contribution in [3.05, 3.63) is 0 Å². The van der Waals surface area contributed by atoms with E-state index in [1.54, 1.807) is 6.92 Å². The summed E-state index contributed by atoms with van der Waals surface area (Å²) < 4.78 is 30.3. The SMILES string of the molecule is CCCCS(=O)(=O)N[C@@H](CCC(=O)O)C(=O)OCC. The highest BCUT2D eigenvalue weighted by Gasteiger charge is 2.25. The van der Waals surface area contributed by atoms with E-state index < -0.39 is 28.0 Å². The van der Waals surface area contributed by atoms with E-state index in [2.05, 4.69) is 4.72 Å². The third kappa shape index (κ3) is 8.55. The summed E-state index contributed by atoms with van der Waals surface area (Å²) in [5.41, 5.74) is 0. The maximum atomic E-state index is 11.7. The van der Waals surface area contributed by atoms with Gasteiger partial charge in [-0.2, -0.15) is 0 Å². The quantitative estimate of drug-likeness (QED) is 0.568. The Bertz CT molecular complexity index is 392. The Balaban J connectivity index is 4.64. The van der Waals surface area contributed by atoms with Crippen LogP contribution in [-0.4, -0.2) is 43.9 Å². The van der Waals surface area contributed by atoms with Crippen LogP contribution in [0.2, 0.25) is 0 Å². The minimum atomic E-state index is -3.60. The standard InChI is InChI=1S/C11H21NO6S/c1-3-5-8-19(16,17)12-9(6-7-10(13)14)11(15)18-4-2/h9,12H,3-8H2,1-2H3,(H,13,14)/t9-/m0/s1. The van der Waals surface area contributed by atoms with Gasteiger partial charge in [-0.15, -0.1) is 0 Å². The lowest BCUT2D eigenvalue weighted by molar-refractivity contribution is -0.145. The van der Waals surface area contributed by atoms with Crippen molar-refractivity contribution in [2.45, 2.75) is 45.6 Å². The van der Waals surface area contributed by atoms with E-state index in [0.29, 0.717) is 12.8 Å². The third-order valence-corrected chi connectivity index (χ3v) is 3.78. The second-order valence-corrected chi connectivity index (χ2v) is 5.90. The number of hydrogen-bond acceptors (Lipinski definition) is 5. The van der Waals surface area contributed by atoms with Gasteiger partial charge in [0.25, 0.3) is 0 Å². The molecule has 0 aliphatic carbocycles. The molecule has 0 saturated heterocycles. The number of aliphatic carboxylic acids is 1. The van der Waals surface area contributed by atoms with Crippen molar-refractivity contribution in [2.75, 3.05) is 12.4 Å². The van der Waals surface area contributed by atoms with Crippen LogP contribution in [0, 0.1) is 0 Å². The summed E-state index contributed by atoms with van der Waals surface area (Å²) in [6, 6.07) is -1.14. The summed E-state index contributed by atoms with van der Waals surface area (Å²) in [6.45, 7) is 3.56. The molecule has 0 radical (unpaired) electrons. The number of rotatable bonds is 10. The largest absolute Gasteiger partial charge is 0.481 e. The lowest BCUT2D eigenvalue weighted by atomic mass is 10.2. The Morgan fingerprint density at radius 2 is 1.95 bits per heavy atom. The first-order valence-corrected chi connectivity index (χ1v) is 7.86. The molecule has 0 aromatic carbocycles. The van der Waals surface area contributed by atoms with E-state index in [1.165, 1.54) is 0 Å². The molecule has 0 fully saturated rings. The summed E-state index contributed by atoms with van der Waals surface area (Å²) in [5.74, 6) is -1.93. The van der Waals surface area contributed by atoms with Crippen molar-refractivity contribution >= 4 is 22.0 Å². The molecule has 0 spiro atoms. The predicted molar refractivity (Wildman–Crippen MR) is 69.1 cm³/mol. The minimum Gasteiger partial charge on any atom is -0.481 e. The van der Waals surface area contributed by atoms with Crippen LogP contribution in [0.25, 0.3) is 0 Å². The Hall–Kier alpha value is -1.15. The van der Waals surface area contributed by atoms with E-state index in [0.717, 1.165) is 0 Å². The molecule has 0 bridgehead atoms. The molecule has 0 saturated carbocycles. The molecule has 0 aliphatic rings. The average Bonchev–Trinajstić information content (AvgIpc) is 2.32. The second-order valence-electron chi connectivity index (χ2n) is 4.03. The topological polar surface area (TPSA) is 110 Å². The molecule has 8 heteroatoms. The highest BCUT2D eigenvalue weighted by Crippen LogP contribution is 2.04. The second kappa shape index (κ2) is 8.87. The smallest absolute Gasteiger partial charge is 0.324 e. The zero-order chi connectivity index (χ0) is 14.9. The van der Waals surface area contributed by atoms with Gasteiger partial charge in [0.2, 0.25) is 10.0 Å². The van der Waals surface area contributed by atoms with Crippen molar-refractivity contribution in [3.63, 3.8) is 0 Å². The van der Waals surface area contributed by atoms with Crippen LogP contribution in [-0.2, 0) is 24.3 Å². The Kier molecular flexibility index (Phi) is 8.33. The molecule has 0 aliphatic heterocycles. The van der Waals surface area contributed by atoms with Gasteiger partial charge in [-0.25, -0.2) is 13.1 Å². The highest BCUT2D eigenvalue weighted by molar-refractivity contribution is 7.89. The Morgan fingerprint density at radius 1 is 1.32 bits per heavy atom. The number of carbonyl (C=O) groups is 2. The van der Waals surface area contributed by atoms with Crippen LogP contribution in [0.1, 0.15) is 39.5 Å². The molecule has 2 N–H and O–H groups in total. The van der Waals surface area contributed by atoms with Crippen LogP contribution in [0.4, 0.5) is 0 Å². The van der Waals surface area contributed by atoms with Crippen molar-refractivity contribution in [1.29, 1.82) is 0 Å². The van der Waals surface area contributed by atoms with Gasteiger partial charge in [-0.1, -0.05) is 13.3 Å². The van der Waals surface area contributed by atoms with Gasteiger partial charge >= 0.3 is 11.9 Å². The van der Waals surface area contributed by atoms with E-state index in [9.17, 15) is 18.0 Å². The first kappa shape index (κ1) is 17.8. The predicted octanol–water partition coefficient (Wildman–Crippen LogP) is 0.502. The summed E-state index contributed by atoms with van der Waals surface area (Å²) >= 11 is 0. The molecule has 19 heavy (non-hydrogen) atoms. The van der Waals surface area contributed by atoms with Gasteiger partial charge in [-0.05, 0) is 19.8 Å². The van der Waals surface area contributed by atoms with E-state index in [-0.39, 0.29) is 25.2 Å². The number of unbranched alkanes of at least 4 members (excludes halogenated alkanes) is 1. The summed E-state index contributed by atoms with van der Waals surface area (Å²) in [7, 11) is -3.60. The van der Waals surface area contributed by atoms with Crippen LogP contribution in [0.5, 0.6) is 0 Å². The zero-order valence-electron chi connectivity index (χ0n) is 11.2. The highest BCUT2D eigenvalue weighted by atomic mass is 32.2. The molecule has 0 heterocycles. The van der Waals surface area contributed by atoms with Crippen LogP contribution in [0.15, 0.2) is 0 Å². The van der Waals surface area contributed by atoms with Crippen molar-refractivity contribution in [1.82, 2.24) is 4.72 Å². The van der Waals surface area contributed by atoms with Gasteiger partial charge in [0.1, 0.15) is 6.04 Å². The molecule has 0 aromatic heterocycles. The van der Waals surface area contributed by atoms with Crippen LogP contribution in [0.3, 0.4) is 0 Å². The number of carbonyl (C=O) groups excluding carboxylic acids is 1. The molecule has 112 valence electrons. The third-order valence-electron chi connectivity index (χ3n) is 2.31. The first-order chi connectivity index (χ1) is 8.82. The maximum absolute atomic E-state index is 11.7. The van der Waals surface area contributed by atoms with E-state index >= 15 is 0 Å². The van der Waals surface area contributed by atoms with Crippen molar-refractivity contribution < 1.29 is 27.9 Å². The number of carboxylic acids is 1. The maximum Gasteiger partial charge on any atom is 0.324 e. The molecule has 0 amide bonds. The first-order valence-electron chi connectivity index (χ1n) is 6.20. The molecule has 1 atom stereocenters. The number of nitrogens with one attached hydrogen (secondary N) is 1. The lowest BCUT2D eigenvalue weighted by Gasteiger charge is -2.16. The Morgan fingerprint density at radius 3 is 2.42 bits per heavy atom. The van der Waals surface area contributed by atoms with Crippen molar-refractivity contribution in [2.24, 2.45) is 0 Å². The van der Waals surface area contributed by atoms with E-state index in [1.807, 2.05) is 6.92 Å². The fraction of sp³-hybridized carbons (Fsp3) is 0.818. The van der Waals surface area contributed by atoms with Gasteiger partial charge in [0.05, 0.1) is 12.4 Å². The summed E-state index contributed by atoms with van der Waals surface area (Å²) in [5, 5.41) is 8.58. The van der Waals surface area contributed by atoms with Crippen molar-refractivity contribution in [3.8, 4) is 0 Å². The van der Waals surface area contributed by atoms with Gasteiger partial charge < -0.3 is 9.84 Å². The number of esters is 1.